The van der Waals surface area contributed by atoms with Crippen molar-refractivity contribution in [3.63, 3.8) is 0 Å². The molecule has 0 bridgehead atoms. The fourth-order valence-corrected chi connectivity index (χ4v) is 3.56. The van der Waals surface area contributed by atoms with Gasteiger partial charge in [-0.25, -0.2) is 4.79 Å². The number of piperidine rings is 1. The molecule has 27 heavy (non-hydrogen) atoms. The van der Waals surface area contributed by atoms with Crippen molar-refractivity contribution in [1.82, 2.24) is 15.3 Å². The van der Waals surface area contributed by atoms with Crippen LogP contribution in [0.2, 0.25) is 0 Å². The maximum atomic E-state index is 12.4. The van der Waals surface area contributed by atoms with Gasteiger partial charge in [0.2, 0.25) is 0 Å². The summed E-state index contributed by atoms with van der Waals surface area (Å²) in [6, 6.07) is 7.95. The Morgan fingerprint density at radius 2 is 1.89 bits per heavy atom. The highest BCUT2D eigenvalue weighted by atomic mass is 16.5. The Hall–Kier alpha value is -2.87. The maximum absolute atomic E-state index is 12.4. The summed E-state index contributed by atoms with van der Waals surface area (Å²) < 4.78 is 5.23. The number of aromatic amines is 2. The molecule has 1 aromatic carbocycles. The number of likely N-dealkylation sites (tertiary alicyclic amines) is 1. The van der Waals surface area contributed by atoms with Crippen LogP contribution >= 0.6 is 0 Å². The lowest BCUT2D eigenvalue weighted by Crippen LogP contribution is -3.13. The van der Waals surface area contributed by atoms with Crippen LogP contribution in [0.25, 0.3) is 0 Å². The fourth-order valence-electron chi connectivity index (χ4n) is 3.56. The van der Waals surface area contributed by atoms with Gasteiger partial charge in [-0.1, -0.05) is 0 Å². The second-order valence-electron chi connectivity index (χ2n) is 6.74. The molecule has 2 heterocycles. The van der Waals surface area contributed by atoms with E-state index >= 15 is 0 Å². The number of rotatable bonds is 6. The van der Waals surface area contributed by atoms with Gasteiger partial charge in [-0.3, -0.25) is 14.6 Å². The van der Waals surface area contributed by atoms with Gasteiger partial charge in [-0.05, 0) is 43.5 Å². The Kier molecular flexibility index (Phi) is 6.08. The molecule has 1 amide bonds. The summed E-state index contributed by atoms with van der Waals surface area (Å²) in [6.07, 6.45) is 4.70. The van der Waals surface area contributed by atoms with Gasteiger partial charge in [-0.15, -0.1) is 0 Å². The number of carbonyl (C=O) groups is 1. The number of H-pyrrole nitrogens is 2. The summed E-state index contributed by atoms with van der Waals surface area (Å²) in [7, 11) is 1.63. The standard InChI is InChI=1S/C19H24N4O4/c1-27-14-7-5-13(6-8-14)16(23-9-3-2-4-10-23)12-20-17(24)15-11-21-19(26)22-18(15)25/h5-8,11,16H,2-4,9-10,12H2,1H3,(H,20,24)(H2,21,22,25,26)/p+1/t16-/m0/s1. The number of aromatic nitrogens is 2. The molecule has 1 aromatic heterocycles. The summed E-state index contributed by atoms with van der Waals surface area (Å²) >= 11 is 0. The third-order valence-corrected chi connectivity index (χ3v) is 5.04. The van der Waals surface area contributed by atoms with Crippen molar-refractivity contribution in [3.8, 4) is 5.75 Å². The highest BCUT2D eigenvalue weighted by molar-refractivity contribution is 5.93. The molecule has 1 fully saturated rings. The van der Waals surface area contributed by atoms with Gasteiger partial charge >= 0.3 is 5.69 Å². The molecule has 144 valence electrons. The van der Waals surface area contributed by atoms with Crippen LogP contribution < -0.4 is 26.2 Å². The lowest BCUT2D eigenvalue weighted by atomic mass is 10.0. The summed E-state index contributed by atoms with van der Waals surface area (Å²) in [4.78, 5) is 41.2. The smallest absolute Gasteiger partial charge is 0.325 e. The zero-order valence-electron chi connectivity index (χ0n) is 15.3. The number of quaternary nitrogens is 1. The molecular weight excluding hydrogens is 348 g/mol. The summed E-state index contributed by atoms with van der Waals surface area (Å²) in [5, 5.41) is 2.85. The number of ether oxygens (including phenoxy) is 1. The van der Waals surface area contributed by atoms with E-state index in [1.807, 2.05) is 24.3 Å². The van der Waals surface area contributed by atoms with E-state index in [9.17, 15) is 14.4 Å². The van der Waals surface area contributed by atoms with Gasteiger partial charge in [0.05, 0.1) is 26.7 Å². The minimum atomic E-state index is -0.692. The van der Waals surface area contributed by atoms with Gasteiger partial charge < -0.3 is 19.9 Å². The molecule has 4 N–H and O–H groups in total. The van der Waals surface area contributed by atoms with E-state index in [1.165, 1.54) is 11.3 Å². The van der Waals surface area contributed by atoms with Crippen LogP contribution in [-0.4, -0.2) is 42.6 Å². The van der Waals surface area contributed by atoms with E-state index < -0.39 is 17.2 Å². The molecule has 0 aliphatic carbocycles. The highest BCUT2D eigenvalue weighted by Crippen LogP contribution is 2.16. The topological polar surface area (TPSA) is 108 Å². The Balaban J connectivity index is 1.76. The summed E-state index contributed by atoms with van der Waals surface area (Å²) in [5.74, 6) is 0.289. The SMILES string of the molecule is COc1ccc([C@H](CNC(=O)c2c[nH]c(=O)[nH]c2=O)[NH+]2CCCCC2)cc1. The van der Waals surface area contributed by atoms with Crippen LogP contribution in [0.5, 0.6) is 5.75 Å². The number of benzene rings is 1. The predicted molar refractivity (Wildman–Crippen MR) is 100 cm³/mol. The lowest BCUT2D eigenvalue weighted by Gasteiger charge is -2.32. The van der Waals surface area contributed by atoms with Crippen molar-refractivity contribution in [2.45, 2.75) is 25.3 Å². The maximum Gasteiger partial charge on any atom is 0.325 e. The van der Waals surface area contributed by atoms with Crippen molar-refractivity contribution in [1.29, 1.82) is 0 Å². The van der Waals surface area contributed by atoms with Gasteiger partial charge in [-0.2, -0.15) is 0 Å². The lowest BCUT2D eigenvalue weighted by molar-refractivity contribution is -0.935. The van der Waals surface area contributed by atoms with E-state index in [4.69, 9.17) is 4.74 Å². The molecular formula is C19H25N4O4+. The normalized spacial score (nSPS) is 15.9. The first kappa shape index (κ1) is 18.9. The average molecular weight is 373 g/mol. The number of carbonyl (C=O) groups excluding carboxylic acids is 1. The third-order valence-electron chi connectivity index (χ3n) is 5.04. The van der Waals surface area contributed by atoms with Crippen LogP contribution in [0, 0.1) is 0 Å². The first-order chi connectivity index (χ1) is 13.1. The van der Waals surface area contributed by atoms with Gasteiger partial charge in [0.1, 0.15) is 17.4 Å². The molecule has 3 rings (SSSR count). The number of methoxy groups -OCH3 is 1. The van der Waals surface area contributed by atoms with E-state index in [0.29, 0.717) is 6.54 Å². The Morgan fingerprint density at radius 1 is 1.19 bits per heavy atom. The van der Waals surface area contributed by atoms with Crippen LogP contribution in [0.15, 0.2) is 40.1 Å². The molecule has 0 saturated carbocycles. The molecule has 1 aliphatic heterocycles. The Bertz CT molecular complexity index is 882. The van der Waals surface area contributed by atoms with E-state index in [2.05, 4.69) is 15.3 Å². The molecule has 0 unspecified atom stereocenters. The minimum absolute atomic E-state index is 0.0852. The summed E-state index contributed by atoms with van der Waals surface area (Å²) in [5.41, 5.74) is -0.312. The number of hydrogen-bond donors (Lipinski definition) is 4. The van der Waals surface area contributed by atoms with Gasteiger partial charge in [0, 0.05) is 11.8 Å². The van der Waals surface area contributed by atoms with Crippen LogP contribution in [0.3, 0.4) is 0 Å². The van der Waals surface area contributed by atoms with Crippen molar-refractivity contribution in [2.24, 2.45) is 0 Å². The van der Waals surface area contributed by atoms with Crippen LogP contribution in [0.1, 0.15) is 41.2 Å². The molecule has 1 aliphatic rings. The molecule has 2 aromatic rings. The van der Waals surface area contributed by atoms with Gasteiger partial charge in [0.15, 0.2) is 0 Å². The molecule has 8 heteroatoms. The number of hydrogen-bond acceptors (Lipinski definition) is 4. The monoisotopic (exact) mass is 373 g/mol. The van der Waals surface area contributed by atoms with E-state index in [0.717, 1.165) is 43.4 Å². The van der Waals surface area contributed by atoms with Gasteiger partial charge in [0.25, 0.3) is 11.5 Å². The number of amides is 1. The first-order valence-corrected chi connectivity index (χ1v) is 9.17. The Labute approximate surface area is 156 Å². The Morgan fingerprint density at radius 3 is 2.52 bits per heavy atom. The summed E-state index contributed by atoms with van der Waals surface area (Å²) in [6.45, 7) is 2.50. The van der Waals surface area contributed by atoms with Crippen molar-refractivity contribution in [3.05, 3.63) is 62.4 Å². The highest BCUT2D eigenvalue weighted by Gasteiger charge is 2.27. The molecule has 0 spiro atoms. The molecule has 0 radical (unpaired) electrons. The van der Waals surface area contributed by atoms with Crippen LogP contribution in [-0.2, 0) is 0 Å². The second-order valence-corrected chi connectivity index (χ2v) is 6.74. The van der Waals surface area contributed by atoms with Crippen molar-refractivity contribution >= 4 is 5.91 Å². The van der Waals surface area contributed by atoms with E-state index in [1.54, 1.807) is 7.11 Å². The largest absolute Gasteiger partial charge is 0.497 e. The van der Waals surface area contributed by atoms with Crippen LogP contribution in [0.4, 0.5) is 0 Å². The molecule has 1 atom stereocenters. The van der Waals surface area contributed by atoms with E-state index in [-0.39, 0.29) is 11.6 Å². The fraction of sp³-hybridized carbons (Fsp3) is 0.421. The van der Waals surface area contributed by atoms with Crippen molar-refractivity contribution in [2.75, 3.05) is 26.7 Å². The second kappa shape index (κ2) is 8.68. The minimum Gasteiger partial charge on any atom is -0.497 e. The first-order valence-electron chi connectivity index (χ1n) is 9.17. The molecule has 8 nitrogen and oxygen atoms in total. The zero-order chi connectivity index (χ0) is 19.2. The quantitative estimate of drug-likeness (QED) is 0.553. The molecule has 1 saturated heterocycles. The number of nitrogens with one attached hydrogen (secondary N) is 4. The third kappa shape index (κ3) is 4.65. The zero-order valence-corrected chi connectivity index (χ0v) is 15.3. The predicted octanol–water partition coefficient (Wildman–Crippen LogP) is -0.388. The van der Waals surface area contributed by atoms with Crippen molar-refractivity contribution < 1.29 is 14.4 Å². The average Bonchev–Trinajstić information content (AvgIpc) is 2.69.